The summed E-state index contributed by atoms with van der Waals surface area (Å²) < 4.78 is 41.8. The van der Waals surface area contributed by atoms with Crippen molar-refractivity contribution in [3.8, 4) is 0 Å². The molecule has 1 aliphatic heterocycles. The van der Waals surface area contributed by atoms with Crippen molar-refractivity contribution in [3.63, 3.8) is 0 Å². The normalized spacial score (nSPS) is 23.5. The minimum atomic E-state index is -3.76. The Morgan fingerprint density at radius 1 is 1.21 bits per heavy atom. The van der Waals surface area contributed by atoms with Crippen molar-refractivity contribution < 1.29 is 17.6 Å². The number of benzene rings is 1. The molecule has 2 aliphatic rings. The molecule has 1 N–H and O–H groups in total. The van der Waals surface area contributed by atoms with Crippen molar-refractivity contribution in [2.24, 2.45) is 11.8 Å². The van der Waals surface area contributed by atoms with Crippen molar-refractivity contribution in [3.05, 3.63) is 41.2 Å². The Balaban J connectivity index is 1.71. The Labute approximate surface area is 173 Å². The van der Waals surface area contributed by atoms with E-state index in [1.807, 2.05) is 13.8 Å². The van der Waals surface area contributed by atoms with Gasteiger partial charge in [0, 0.05) is 19.6 Å². The van der Waals surface area contributed by atoms with Crippen LogP contribution in [0.5, 0.6) is 0 Å². The van der Waals surface area contributed by atoms with Gasteiger partial charge in [-0.15, -0.1) is 0 Å². The van der Waals surface area contributed by atoms with Crippen molar-refractivity contribution in [1.29, 1.82) is 0 Å². The van der Waals surface area contributed by atoms with Gasteiger partial charge in [0.15, 0.2) is 0 Å². The molecule has 1 aliphatic carbocycles. The van der Waals surface area contributed by atoms with Gasteiger partial charge in [0.1, 0.15) is 5.82 Å². The van der Waals surface area contributed by atoms with E-state index in [-0.39, 0.29) is 22.3 Å². The molecule has 5 nitrogen and oxygen atoms in total. The van der Waals surface area contributed by atoms with Crippen molar-refractivity contribution in [2.75, 3.05) is 19.6 Å². The molecule has 7 heteroatoms. The maximum atomic E-state index is 14.3. The number of carbonyl (C=O) groups excluding carboxylic acids is 1. The fraction of sp³-hybridized carbons (Fsp3) is 0.591. The van der Waals surface area contributed by atoms with E-state index in [0.29, 0.717) is 19.6 Å². The summed E-state index contributed by atoms with van der Waals surface area (Å²) in [6.07, 6.45) is 8.44. The van der Waals surface area contributed by atoms with Gasteiger partial charge < -0.3 is 5.32 Å². The van der Waals surface area contributed by atoms with Crippen LogP contribution in [0.2, 0.25) is 0 Å². The van der Waals surface area contributed by atoms with E-state index in [1.165, 1.54) is 34.9 Å². The van der Waals surface area contributed by atoms with Crippen LogP contribution in [0.15, 0.2) is 34.7 Å². The van der Waals surface area contributed by atoms with E-state index in [9.17, 15) is 17.6 Å². The van der Waals surface area contributed by atoms with Crippen LogP contribution in [-0.2, 0) is 10.0 Å². The third-order valence-corrected chi connectivity index (χ3v) is 7.60. The summed E-state index contributed by atoms with van der Waals surface area (Å²) in [4.78, 5) is 12.5. The number of halogens is 1. The second kappa shape index (κ2) is 9.39. The molecule has 1 saturated heterocycles. The van der Waals surface area contributed by atoms with Crippen LogP contribution in [0.1, 0.15) is 62.7 Å². The highest BCUT2D eigenvalue weighted by Gasteiger charge is 2.32. The molecule has 0 radical (unpaired) electrons. The first-order valence-corrected chi connectivity index (χ1v) is 12.0. The molecule has 1 aromatic rings. The highest BCUT2D eigenvalue weighted by Crippen LogP contribution is 2.27. The lowest BCUT2D eigenvalue weighted by Crippen LogP contribution is -2.42. The molecule has 0 saturated carbocycles. The molecule has 1 aromatic carbocycles. The van der Waals surface area contributed by atoms with E-state index in [4.69, 9.17) is 0 Å². The largest absolute Gasteiger partial charge is 0.352 e. The molecule has 0 spiro atoms. The van der Waals surface area contributed by atoms with Gasteiger partial charge in [0.25, 0.3) is 5.91 Å². The Morgan fingerprint density at radius 3 is 2.59 bits per heavy atom. The predicted molar refractivity (Wildman–Crippen MR) is 112 cm³/mol. The van der Waals surface area contributed by atoms with Gasteiger partial charge in [0.05, 0.1) is 10.5 Å². The zero-order chi connectivity index (χ0) is 21.0. The van der Waals surface area contributed by atoms with Crippen LogP contribution < -0.4 is 5.32 Å². The third-order valence-electron chi connectivity index (χ3n) is 5.77. The number of carbonyl (C=O) groups is 1. The number of rotatable bonds is 6. The van der Waals surface area contributed by atoms with Crippen molar-refractivity contribution in [1.82, 2.24) is 9.62 Å². The van der Waals surface area contributed by atoms with Gasteiger partial charge in [-0.3, -0.25) is 4.79 Å². The maximum Gasteiger partial charge on any atom is 0.254 e. The molecule has 160 valence electrons. The van der Waals surface area contributed by atoms with Crippen LogP contribution >= 0.6 is 0 Å². The molecule has 2 atom stereocenters. The summed E-state index contributed by atoms with van der Waals surface area (Å²) in [5.41, 5.74) is 1.10. The third kappa shape index (κ3) is 5.45. The Hall–Kier alpha value is -1.73. The number of nitrogens with zero attached hydrogens (tertiary/aromatic N) is 1. The Bertz CT molecular complexity index is 872. The number of allylic oxidation sites excluding steroid dienone is 1. The minimum absolute atomic E-state index is 0.0275. The standard InChI is InChI=1S/C22H31FN2O3S/c1-16-12-17(2)15-25(14-16)29(27,28)19-8-9-21(23)20(13-19)22(26)24-11-10-18-6-4-3-5-7-18/h6,8-9,13,16-17H,3-5,7,10-12,14-15H2,1-2H3,(H,24,26). The number of sulfonamides is 1. The summed E-state index contributed by atoms with van der Waals surface area (Å²) >= 11 is 0. The van der Waals surface area contributed by atoms with Crippen LogP contribution in [0.4, 0.5) is 4.39 Å². The molecule has 1 heterocycles. The quantitative estimate of drug-likeness (QED) is 0.702. The van der Waals surface area contributed by atoms with Gasteiger partial charge in [-0.1, -0.05) is 25.5 Å². The molecule has 3 rings (SSSR count). The van der Waals surface area contributed by atoms with Crippen LogP contribution in [0.25, 0.3) is 0 Å². The summed E-state index contributed by atoms with van der Waals surface area (Å²) in [7, 11) is -3.76. The van der Waals surface area contributed by atoms with E-state index < -0.39 is 21.7 Å². The predicted octanol–water partition coefficient (Wildman–Crippen LogP) is 4.11. The van der Waals surface area contributed by atoms with Crippen molar-refractivity contribution in [2.45, 2.75) is 57.3 Å². The first kappa shape index (κ1) is 22.0. The summed E-state index contributed by atoms with van der Waals surface area (Å²) in [5.74, 6) is -0.744. The molecule has 2 unspecified atom stereocenters. The molecular formula is C22H31FN2O3S. The summed E-state index contributed by atoms with van der Waals surface area (Å²) in [6.45, 7) is 5.37. The fourth-order valence-electron chi connectivity index (χ4n) is 4.35. The van der Waals surface area contributed by atoms with Crippen molar-refractivity contribution >= 4 is 15.9 Å². The number of hydrogen-bond donors (Lipinski definition) is 1. The lowest BCUT2D eigenvalue weighted by Gasteiger charge is -2.34. The number of piperidine rings is 1. The summed E-state index contributed by atoms with van der Waals surface area (Å²) in [5, 5.41) is 2.73. The van der Waals surface area contributed by atoms with Gasteiger partial charge >= 0.3 is 0 Å². The molecule has 29 heavy (non-hydrogen) atoms. The van der Waals surface area contributed by atoms with Gasteiger partial charge in [-0.05, 0) is 68.6 Å². The topological polar surface area (TPSA) is 66.5 Å². The highest BCUT2D eigenvalue weighted by molar-refractivity contribution is 7.89. The smallest absolute Gasteiger partial charge is 0.254 e. The maximum absolute atomic E-state index is 14.3. The summed E-state index contributed by atoms with van der Waals surface area (Å²) in [6, 6.07) is 3.49. The minimum Gasteiger partial charge on any atom is -0.352 e. The van der Waals surface area contributed by atoms with Gasteiger partial charge in [0.2, 0.25) is 10.0 Å². The van der Waals surface area contributed by atoms with Crippen LogP contribution in [0.3, 0.4) is 0 Å². The molecular weight excluding hydrogens is 391 g/mol. The first-order chi connectivity index (χ1) is 13.8. The second-order valence-corrected chi connectivity index (χ2v) is 10.5. The number of nitrogens with one attached hydrogen (secondary N) is 1. The SMILES string of the molecule is CC1CC(C)CN(S(=O)(=O)c2ccc(F)c(C(=O)NCCC3=CCCCC3)c2)C1. The molecule has 1 fully saturated rings. The van der Waals surface area contributed by atoms with Gasteiger partial charge in [-0.25, -0.2) is 12.8 Å². The molecule has 0 aromatic heterocycles. The van der Waals surface area contributed by atoms with E-state index in [1.54, 1.807) is 0 Å². The number of amides is 1. The number of hydrogen-bond acceptors (Lipinski definition) is 3. The first-order valence-electron chi connectivity index (χ1n) is 10.5. The molecule has 0 bridgehead atoms. The van der Waals surface area contributed by atoms with Gasteiger partial charge in [-0.2, -0.15) is 4.31 Å². The Kier molecular flexibility index (Phi) is 7.11. The van der Waals surface area contributed by atoms with E-state index >= 15 is 0 Å². The fourth-order valence-corrected chi connectivity index (χ4v) is 6.06. The molecule has 1 amide bonds. The van der Waals surface area contributed by atoms with Crippen LogP contribution in [0, 0.1) is 17.7 Å². The lowest BCUT2D eigenvalue weighted by molar-refractivity contribution is 0.0949. The average molecular weight is 423 g/mol. The van der Waals surface area contributed by atoms with E-state index in [2.05, 4.69) is 11.4 Å². The van der Waals surface area contributed by atoms with Crippen LogP contribution in [-0.4, -0.2) is 38.3 Å². The zero-order valence-corrected chi connectivity index (χ0v) is 18.1. The monoisotopic (exact) mass is 422 g/mol. The second-order valence-electron chi connectivity index (χ2n) is 8.52. The lowest BCUT2D eigenvalue weighted by atomic mass is 9.94. The van der Waals surface area contributed by atoms with E-state index in [0.717, 1.165) is 31.7 Å². The Morgan fingerprint density at radius 2 is 1.93 bits per heavy atom. The highest BCUT2D eigenvalue weighted by atomic mass is 32.2. The zero-order valence-electron chi connectivity index (χ0n) is 17.3. The average Bonchev–Trinajstić information content (AvgIpc) is 2.68.